The average Bonchev–Trinajstić information content (AvgIpc) is 2.94. The molecular formula is C31H43N3O8. The molecule has 0 aromatic carbocycles. The third-order valence-electron chi connectivity index (χ3n) is 7.22. The summed E-state index contributed by atoms with van der Waals surface area (Å²) in [5.74, 6) is -2.14. The Balaban J connectivity index is 2.62. The van der Waals surface area contributed by atoms with Gasteiger partial charge in [-0.05, 0) is 38.2 Å². The van der Waals surface area contributed by atoms with Crippen LogP contribution in [-0.2, 0) is 28.6 Å². The fourth-order valence-electron chi connectivity index (χ4n) is 4.95. The van der Waals surface area contributed by atoms with Crippen molar-refractivity contribution in [2.75, 3.05) is 20.8 Å². The van der Waals surface area contributed by atoms with Crippen LogP contribution in [0.15, 0.2) is 71.1 Å². The molecule has 0 fully saturated rings. The van der Waals surface area contributed by atoms with Crippen LogP contribution >= 0.6 is 0 Å². The van der Waals surface area contributed by atoms with Gasteiger partial charge in [-0.15, -0.1) is 6.58 Å². The molecule has 2 amide bonds. The van der Waals surface area contributed by atoms with Gasteiger partial charge in [-0.3, -0.25) is 14.4 Å². The minimum Gasteiger partial charge on any atom is -0.439 e. The number of aliphatic hydroxyl groups excluding tert-OH is 1. The van der Waals surface area contributed by atoms with Gasteiger partial charge in [0.2, 0.25) is 11.6 Å². The zero-order chi connectivity index (χ0) is 31.6. The molecule has 1 aliphatic carbocycles. The summed E-state index contributed by atoms with van der Waals surface area (Å²) in [5, 5.41) is 16.7. The topological polar surface area (TPSA) is 166 Å². The number of rotatable bonds is 6. The molecule has 0 saturated carbocycles. The number of carbonyl (C=O) groups excluding carboxylic acids is 4. The zero-order valence-corrected chi connectivity index (χ0v) is 25.1. The van der Waals surface area contributed by atoms with E-state index in [1.807, 2.05) is 6.92 Å². The number of Topliss-reactive ketones (excluding diaryl/α,β-unsaturated/α-hetero) is 1. The number of nitrogens with one attached hydrogen (secondary N) is 2. The molecule has 0 saturated heterocycles. The largest absolute Gasteiger partial charge is 0.439 e. The summed E-state index contributed by atoms with van der Waals surface area (Å²) in [6, 6.07) is 0. The predicted molar refractivity (Wildman–Crippen MR) is 158 cm³/mol. The summed E-state index contributed by atoms with van der Waals surface area (Å²) in [5.41, 5.74) is 6.42. The van der Waals surface area contributed by atoms with E-state index >= 15 is 0 Å². The molecular weight excluding hydrogens is 542 g/mol. The van der Waals surface area contributed by atoms with Crippen molar-refractivity contribution in [3.63, 3.8) is 0 Å². The minimum atomic E-state index is -1.00. The van der Waals surface area contributed by atoms with Crippen LogP contribution in [0, 0.1) is 11.8 Å². The first-order chi connectivity index (χ1) is 19.8. The van der Waals surface area contributed by atoms with Crippen LogP contribution in [0.3, 0.4) is 0 Å². The zero-order valence-electron chi connectivity index (χ0n) is 25.1. The van der Waals surface area contributed by atoms with Crippen molar-refractivity contribution in [3.8, 4) is 0 Å². The Labute approximate surface area is 247 Å². The van der Waals surface area contributed by atoms with Gasteiger partial charge in [0, 0.05) is 43.9 Å². The van der Waals surface area contributed by atoms with E-state index in [1.54, 1.807) is 45.1 Å². The maximum atomic E-state index is 13.5. The quantitative estimate of drug-likeness (QED) is 0.271. The number of hydrogen-bond donors (Lipinski definition) is 4. The second-order valence-electron chi connectivity index (χ2n) is 10.6. The molecule has 1 aliphatic heterocycles. The van der Waals surface area contributed by atoms with Gasteiger partial charge in [0.1, 0.15) is 6.10 Å². The van der Waals surface area contributed by atoms with Gasteiger partial charge in [-0.2, -0.15) is 0 Å². The summed E-state index contributed by atoms with van der Waals surface area (Å²) in [7, 11) is 2.92. The number of allylic oxidation sites excluding steroid dienone is 4. The lowest BCUT2D eigenvalue weighted by molar-refractivity contribution is -0.120. The van der Waals surface area contributed by atoms with Crippen molar-refractivity contribution < 1.29 is 38.5 Å². The normalized spacial score (nSPS) is 28.4. The molecule has 2 bridgehead atoms. The average molecular weight is 586 g/mol. The highest BCUT2D eigenvalue weighted by Gasteiger charge is 2.33. The fourth-order valence-corrected chi connectivity index (χ4v) is 4.95. The number of amides is 2. The second-order valence-corrected chi connectivity index (χ2v) is 10.6. The van der Waals surface area contributed by atoms with E-state index in [1.165, 1.54) is 20.3 Å². The molecule has 11 nitrogen and oxygen atoms in total. The van der Waals surface area contributed by atoms with E-state index in [0.29, 0.717) is 12.0 Å². The highest BCUT2D eigenvalue weighted by molar-refractivity contribution is 6.23. The predicted octanol–water partition coefficient (Wildman–Crippen LogP) is 2.54. The van der Waals surface area contributed by atoms with Gasteiger partial charge in [0.25, 0.3) is 5.91 Å². The molecule has 0 aromatic rings. The van der Waals surface area contributed by atoms with Crippen LogP contribution in [0.4, 0.5) is 4.79 Å². The molecule has 0 aromatic heterocycles. The number of ether oxygens (including phenoxy) is 3. The monoisotopic (exact) mass is 585 g/mol. The molecule has 11 heteroatoms. The Morgan fingerprint density at radius 1 is 1.21 bits per heavy atom. The first-order valence-electron chi connectivity index (χ1n) is 13.8. The Hall–Kier alpha value is -3.80. The van der Waals surface area contributed by atoms with Crippen molar-refractivity contribution in [2.24, 2.45) is 17.6 Å². The molecule has 6 atom stereocenters. The number of carbonyl (C=O) groups is 4. The Kier molecular flexibility index (Phi) is 13.1. The molecule has 42 heavy (non-hydrogen) atoms. The van der Waals surface area contributed by atoms with Crippen molar-refractivity contribution in [2.45, 2.75) is 65.0 Å². The van der Waals surface area contributed by atoms with Crippen LogP contribution in [0.5, 0.6) is 0 Å². The smallest absolute Gasteiger partial charge is 0.405 e. The van der Waals surface area contributed by atoms with E-state index in [0.717, 1.165) is 6.08 Å². The molecule has 0 unspecified atom stereocenters. The third-order valence-corrected chi connectivity index (χ3v) is 7.22. The van der Waals surface area contributed by atoms with Gasteiger partial charge in [-0.25, -0.2) is 4.79 Å². The van der Waals surface area contributed by atoms with E-state index < -0.39 is 53.9 Å². The number of fused-ring (bicyclic) bond motifs is 2. The lowest BCUT2D eigenvalue weighted by Crippen LogP contribution is -2.37. The van der Waals surface area contributed by atoms with Gasteiger partial charge in [-0.1, -0.05) is 44.2 Å². The van der Waals surface area contributed by atoms with Gasteiger partial charge < -0.3 is 35.7 Å². The number of aliphatic hydroxyl groups is 1. The minimum absolute atomic E-state index is 0.132. The van der Waals surface area contributed by atoms with Crippen LogP contribution < -0.4 is 16.4 Å². The van der Waals surface area contributed by atoms with Crippen molar-refractivity contribution in [1.29, 1.82) is 0 Å². The molecule has 0 spiro atoms. The molecule has 2 rings (SSSR count). The molecule has 5 N–H and O–H groups in total. The van der Waals surface area contributed by atoms with Gasteiger partial charge in [0.05, 0.1) is 23.6 Å². The highest BCUT2D eigenvalue weighted by atomic mass is 16.6. The third kappa shape index (κ3) is 9.10. The number of hydrogen-bond acceptors (Lipinski definition) is 9. The number of methoxy groups -OCH3 is 2. The van der Waals surface area contributed by atoms with Gasteiger partial charge >= 0.3 is 6.09 Å². The maximum Gasteiger partial charge on any atom is 0.405 e. The highest BCUT2D eigenvalue weighted by Crippen LogP contribution is 2.28. The molecule has 0 radical (unpaired) electrons. The van der Waals surface area contributed by atoms with E-state index in [-0.39, 0.29) is 41.4 Å². The van der Waals surface area contributed by atoms with Crippen LogP contribution in [0.2, 0.25) is 0 Å². The molecule has 230 valence electrons. The van der Waals surface area contributed by atoms with Crippen LogP contribution in [0.1, 0.15) is 40.5 Å². The SMILES string of the molecule is C=CCNC1=C2C[C@@H](C)C[C@H](OC)[C@H](O)[C@@H](C)C=C(C)[C@H](OC(N)=O)[C@H](OC)C=CC=C(C)C(=O)NC(=CC1=O)C2=O. The first-order valence-corrected chi connectivity index (χ1v) is 13.8. The first kappa shape index (κ1) is 34.4. The number of ketones is 2. The van der Waals surface area contributed by atoms with Gasteiger partial charge in [0.15, 0.2) is 6.10 Å². The van der Waals surface area contributed by atoms with Crippen molar-refractivity contribution in [1.82, 2.24) is 10.6 Å². The fraction of sp³-hybridized carbons (Fsp3) is 0.484. The Morgan fingerprint density at radius 2 is 1.90 bits per heavy atom. The lowest BCUT2D eigenvalue weighted by atomic mass is 9.85. The standard InChI is InChI=1S/C31H43N3O8/c1-8-12-33-26-21-13-17(2)14-25(41-7)27(36)19(4)15-20(5)29(42-31(32)39)24(40-6)11-9-10-18(3)30(38)34-22(28(21)37)16-23(26)35/h8-11,15-17,19,24-25,27,29,33,36H,1,12-14H2,2-7H3,(H2,32,39)(H,34,38)/t17-,19+,24-,25+,27-,29+/m1/s1. The second kappa shape index (κ2) is 16.0. The molecule has 2 aliphatic rings. The van der Waals surface area contributed by atoms with E-state index in [9.17, 15) is 24.3 Å². The summed E-state index contributed by atoms with van der Waals surface area (Å²) in [6.45, 7) is 10.9. The molecule has 1 heterocycles. The number of primary amides is 1. The van der Waals surface area contributed by atoms with Crippen LogP contribution in [0.25, 0.3) is 0 Å². The summed E-state index contributed by atoms with van der Waals surface area (Å²) in [6.07, 6.45) is 5.34. The van der Waals surface area contributed by atoms with Crippen molar-refractivity contribution >= 4 is 23.6 Å². The lowest BCUT2D eigenvalue weighted by Gasteiger charge is -2.30. The maximum absolute atomic E-state index is 13.5. The van der Waals surface area contributed by atoms with Crippen LogP contribution in [-0.4, -0.2) is 73.9 Å². The summed E-state index contributed by atoms with van der Waals surface area (Å²) in [4.78, 5) is 51.3. The number of nitrogens with two attached hydrogens (primary N) is 1. The van der Waals surface area contributed by atoms with E-state index in [4.69, 9.17) is 19.9 Å². The Morgan fingerprint density at radius 3 is 2.50 bits per heavy atom. The summed E-state index contributed by atoms with van der Waals surface area (Å²) < 4.78 is 16.6. The Bertz CT molecular complexity index is 1210. The summed E-state index contributed by atoms with van der Waals surface area (Å²) >= 11 is 0. The van der Waals surface area contributed by atoms with E-state index in [2.05, 4.69) is 17.2 Å². The van der Waals surface area contributed by atoms with Crippen molar-refractivity contribution in [3.05, 3.63) is 71.1 Å².